The zero-order valence-corrected chi connectivity index (χ0v) is 19.1. The molecule has 6 nitrogen and oxygen atoms in total. The number of hydrogen-bond donors (Lipinski definition) is 1. The fraction of sp³-hybridized carbons (Fsp3) is 0.522. The summed E-state index contributed by atoms with van der Waals surface area (Å²) in [6.45, 7) is 8.34. The first-order valence-electron chi connectivity index (χ1n) is 10.5. The van der Waals surface area contributed by atoms with Crippen molar-refractivity contribution in [3.05, 3.63) is 40.4 Å². The average molecular weight is 430 g/mol. The molecule has 1 aromatic heterocycles. The molecule has 0 aliphatic carbocycles. The number of thiazole rings is 1. The SMILES string of the molecule is COCCNC(=O)[C@H](C)C1CCN(C(=O)c2sc(-c3ccc(C)cc3)nc2C)CC1. The van der Waals surface area contributed by atoms with Gasteiger partial charge in [0.15, 0.2) is 0 Å². The van der Waals surface area contributed by atoms with Gasteiger partial charge in [0.25, 0.3) is 5.91 Å². The summed E-state index contributed by atoms with van der Waals surface area (Å²) in [6.07, 6.45) is 1.68. The van der Waals surface area contributed by atoms with Gasteiger partial charge in [-0.15, -0.1) is 11.3 Å². The molecule has 0 radical (unpaired) electrons. The maximum absolute atomic E-state index is 13.1. The van der Waals surface area contributed by atoms with Crippen LogP contribution in [-0.2, 0) is 9.53 Å². The summed E-state index contributed by atoms with van der Waals surface area (Å²) in [5, 5.41) is 3.80. The molecule has 3 rings (SSSR count). The number of nitrogens with one attached hydrogen (secondary N) is 1. The monoisotopic (exact) mass is 429 g/mol. The van der Waals surface area contributed by atoms with E-state index in [1.807, 2.05) is 30.9 Å². The minimum atomic E-state index is -0.0580. The zero-order chi connectivity index (χ0) is 21.7. The topological polar surface area (TPSA) is 71.5 Å². The number of likely N-dealkylation sites (tertiary alicyclic amines) is 1. The van der Waals surface area contributed by atoms with E-state index in [0.717, 1.165) is 34.0 Å². The molecule has 1 N–H and O–H groups in total. The molecule has 0 spiro atoms. The van der Waals surface area contributed by atoms with Gasteiger partial charge in [0.05, 0.1) is 12.3 Å². The van der Waals surface area contributed by atoms with Gasteiger partial charge in [0.2, 0.25) is 5.91 Å². The third-order valence-corrected chi connectivity index (χ3v) is 7.04. The highest BCUT2D eigenvalue weighted by Gasteiger charge is 2.31. The molecule has 1 aliphatic heterocycles. The van der Waals surface area contributed by atoms with Crippen LogP contribution in [0.25, 0.3) is 10.6 Å². The lowest BCUT2D eigenvalue weighted by atomic mass is 9.85. The molecule has 1 aromatic carbocycles. The lowest BCUT2D eigenvalue weighted by Crippen LogP contribution is -2.43. The van der Waals surface area contributed by atoms with Crippen LogP contribution in [0.15, 0.2) is 24.3 Å². The fourth-order valence-electron chi connectivity index (χ4n) is 3.81. The minimum absolute atomic E-state index is 0.0546. The van der Waals surface area contributed by atoms with Crippen LogP contribution in [-0.4, -0.2) is 55.0 Å². The average Bonchev–Trinajstić information content (AvgIpc) is 3.15. The molecule has 0 saturated carbocycles. The number of amides is 2. The lowest BCUT2D eigenvalue weighted by molar-refractivity contribution is -0.126. The van der Waals surface area contributed by atoms with Crippen molar-refractivity contribution in [2.24, 2.45) is 11.8 Å². The van der Waals surface area contributed by atoms with Gasteiger partial charge in [-0.3, -0.25) is 9.59 Å². The Kier molecular flexibility index (Phi) is 7.61. The van der Waals surface area contributed by atoms with Crippen LogP contribution >= 0.6 is 11.3 Å². The van der Waals surface area contributed by atoms with Crippen LogP contribution in [0.1, 0.15) is 40.7 Å². The molecule has 162 valence electrons. The highest BCUT2D eigenvalue weighted by atomic mass is 32.1. The maximum atomic E-state index is 13.1. The van der Waals surface area contributed by atoms with Crippen molar-refractivity contribution in [2.75, 3.05) is 33.4 Å². The second-order valence-electron chi connectivity index (χ2n) is 8.00. The Morgan fingerprint density at radius 1 is 1.23 bits per heavy atom. The van der Waals surface area contributed by atoms with Gasteiger partial charge in [0.1, 0.15) is 9.88 Å². The van der Waals surface area contributed by atoms with Crippen molar-refractivity contribution >= 4 is 23.2 Å². The molecule has 0 unspecified atom stereocenters. The number of benzene rings is 1. The van der Waals surface area contributed by atoms with Crippen molar-refractivity contribution < 1.29 is 14.3 Å². The van der Waals surface area contributed by atoms with Gasteiger partial charge in [-0.25, -0.2) is 4.98 Å². The highest BCUT2D eigenvalue weighted by Crippen LogP contribution is 2.31. The Labute approximate surface area is 182 Å². The summed E-state index contributed by atoms with van der Waals surface area (Å²) in [5.74, 6) is 0.358. The molecular weight excluding hydrogens is 398 g/mol. The van der Waals surface area contributed by atoms with Gasteiger partial charge in [-0.2, -0.15) is 0 Å². The Hall–Kier alpha value is -2.25. The van der Waals surface area contributed by atoms with Crippen LogP contribution in [0.2, 0.25) is 0 Å². The molecule has 0 bridgehead atoms. The summed E-state index contributed by atoms with van der Waals surface area (Å²) >= 11 is 1.47. The Morgan fingerprint density at radius 3 is 2.53 bits per heavy atom. The normalized spacial score (nSPS) is 15.8. The molecule has 1 aliphatic rings. The van der Waals surface area contributed by atoms with Gasteiger partial charge in [-0.1, -0.05) is 36.8 Å². The summed E-state index contributed by atoms with van der Waals surface area (Å²) in [4.78, 5) is 32.7. The first-order chi connectivity index (χ1) is 14.4. The smallest absolute Gasteiger partial charge is 0.265 e. The van der Waals surface area contributed by atoms with E-state index in [1.165, 1.54) is 16.9 Å². The van der Waals surface area contributed by atoms with E-state index < -0.39 is 0 Å². The van der Waals surface area contributed by atoms with Crippen molar-refractivity contribution in [1.29, 1.82) is 0 Å². The number of hydrogen-bond acceptors (Lipinski definition) is 5. The third kappa shape index (κ3) is 5.26. The predicted octanol–water partition coefficient (Wildman–Crippen LogP) is 3.68. The van der Waals surface area contributed by atoms with E-state index in [-0.39, 0.29) is 17.7 Å². The number of piperidine rings is 1. The van der Waals surface area contributed by atoms with Crippen LogP contribution in [0.4, 0.5) is 0 Å². The first-order valence-corrected chi connectivity index (χ1v) is 11.3. The number of carbonyl (C=O) groups excluding carboxylic acids is 2. The highest BCUT2D eigenvalue weighted by molar-refractivity contribution is 7.17. The third-order valence-electron chi connectivity index (χ3n) is 5.84. The molecule has 1 saturated heterocycles. The number of carbonyl (C=O) groups is 2. The largest absolute Gasteiger partial charge is 0.383 e. The van der Waals surface area contributed by atoms with Crippen LogP contribution < -0.4 is 5.32 Å². The predicted molar refractivity (Wildman–Crippen MR) is 120 cm³/mol. The van der Waals surface area contributed by atoms with E-state index in [1.54, 1.807) is 7.11 Å². The summed E-state index contributed by atoms with van der Waals surface area (Å²) in [7, 11) is 1.62. The second-order valence-corrected chi connectivity index (χ2v) is 9.00. The quantitative estimate of drug-likeness (QED) is 0.682. The maximum Gasteiger partial charge on any atom is 0.265 e. The molecule has 1 fully saturated rings. The lowest BCUT2D eigenvalue weighted by Gasteiger charge is -2.34. The Balaban J connectivity index is 1.59. The van der Waals surface area contributed by atoms with Crippen LogP contribution in [0.5, 0.6) is 0 Å². The molecule has 1 atom stereocenters. The van der Waals surface area contributed by atoms with Crippen molar-refractivity contribution in [1.82, 2.24) is 15.2 Å². The summed E-state index contributed by atoms with van der Waals surface area (Å²) in [6, 6.07) is 8.22. The number of rotatable bonds is 7. The molecule has 7 heteroatoms. The van der Waals surface area contributed by atoms with E-state index in [2.05, 4.69) is 29.4 Å². The Morgan fingerprint density at radius 2 is 1.90 bits per heavy atom. The van der Waals surface area contributed by atoms with E-state index >= 15 is 0 Å². The molecule has 2 heterocycles. The van der Waals surface area contributed by atoms with Crippen LogP contribution in [0.3, 0.4) is 0 Å². The first kappa shape index (κ1) is 22.4. The number of aryl methyl sites for hydroxylation is 2. The number of nitrogens with zero attached hydrogens (tertiary/aromatic N) is 2. The zero-order valence-electron chi connectivity index (χ0n) is 18.2. The van der Waals surface area contributed by atoms with Crippen LogP contribution in [0, 0.1) is 25.7 Å². The Bertz CT molecular complexity index is 870. The standard InChI is InChI=1S/C23H31N3O3S/c1-15-5-7-19(8-6-15)22-25-17(3)20(30-22)23(28)26-12-9-18(10-13-26)16(2)21(27)24-11-14-29-4/h5-8,16,18H,9-14H2,1-4H3,(H,24,27)/t16-/m1/s1. The second kappa shape index (κ2) is 10.2. The van der Waals surface area contributed by atoms with E-state index in [4.69, 9.17) is 4.74 Å². The van der Waals surface area contributed by atoms with E-state index in [9.17, 15) is 9.59 Å². The van der Waals surface area contributed by atoms with Crippen molar-refractivity contribution in [3.8, 4) is 10.6 Å². The van der Waals surface area contributed by atoms with Gasteiger partial charge >= 0.3 is 0 Å². The van der Waals surface area contributed by atoms with Gasteiger partial charge in [-0.05, 0) is 32.6 Å². The van der Waals surface area contributed by atoms with Crippen molar-refractivity contribution in [3.63, 3.8) is 0 Å². The minimum Gasteiger partial charge on any atom is -0.383 e. The number of methoxy groups -OCH3 is 1. The number of ether oxygens (including phenoxy) is 1. The van der Waals surface area contributed by atoms with Gasteiger partial charge in [0, 0.05) is 38.2 Å². The van der Waals surface area contributed by atoms with Crippen molar-refractivity contribution in [2.45, 2.75) is 33.6 Å². The number of aromatic nitrogens is 1. The van der Waals surface area contributed by atoms with Gasteiger partial charge < -0.3 is 15.0 Å². The molecule has 2 aromatic rings. The summed E-state index contributed by atoms with van der Waals surface area (Å²) in [5.41, 5.74) is 3.03. The fourth-order valence-corrected chi connectivity index (χ4v) is 4.85. The molecule has 2 amide bonds. The van der Waals surface area contributed by atoms with E-state index in [0.29, 0.717) is 32.2 Å². The molecular formula is C23H31N3O3S. The molecule has 30 heavy (non-hydrogen) atoms. The summed E-state index contributed by atoms with van der Waals surface area (Å²) < 4.78 is 4.98.